The Hall–Kier alpha value is -2.82. The lowest BCUT2D eigenvalue weighted by molar-refractivity contribution is -0.136. The number of aliphatic carboxylic acids is 1. The average Bonchev–Trinajstić information content (AvgIpc) is 2.56. The van der Waals surface area contributed by atoms with Gasteiger partial charge in [-0.1, -0.05) is 18.2 Å². The van der Waals surface area contributed by atoms with E-state index < -0.39 is 5.97 Å². The zero-order chi connectivity index (χ0) is 18.2. The Balaban J connectivity index is 1.71. The van der Waals surface area contributed by atoms with Crippen LogP contribution in [0, 0.1) is 13.8 Å². The molecule has 5 nitrogen and oxygen atoms in total. The SMILES string of the molecule is Cc1ccc(OCCCC(=O)Nc2ccc(CC(=O)O)cc2)cc1C. The van der Waals surface area contributed by atoms with Crippen LogP contribution in [0.4, 0.5) is 5.69 Å². The Kier molecular flexibility index (Phi) is 6.57. The largest absolute Gasteiger partial charge is 0.494 e. The van der Waals surface area contributed by atoms with E-state index >= 15 is 0 Å². The molecule has 0 fully saturated rings. The zero-order valence-electron chi connectivity index (χ0n) is 14.5. The van der Waals surface area contributed by atoms with Crippen LogP contribution in [0.25, 0.3) is 0 Å². The van der Waals surface area contributed by atoms with Gasteiger partial charge in [-0.3, -0.25) is 9.59 Å². The minimum absolute atomic E-state index is 0.0238. The van der Waals surface area contributed by atoms with E-state index in [1.54, 1.807) is 24.3 Å². The van der Waals surface area contributed by atoms with Gasteiger partial charge < -0.3 is 15.2 Å². The summed E-state index contributed by atoms with van der Waals surface area (Å²) in [5.74, 6) is -0.146. The fourth-order valence-corrected chi connectivity index (χ4v) is 2.33. The molecule has 25 heavy (non-hydrogen) atoms. The molecule has 0 unspecified atom stereocenters. The maximum Gasteiger partial charge on any atom is 0.307 e. The second kappa shape index (κ2) is 8.87. The molecule has 0 aliphatic carbocycles. The van der Waals surface area contributed by atoms with Gasteiger partial charge in [-0.2, -0.15) is 0 Å². The van der Waals surface area contributed by atoms with Crippen LogP contribution in [0.1, 0.15) is 29.5 Å². The number of hydrogen-bond donors (Lipinski definition) is 2. The first-order chi connectivity index (χ1) is 11.9. The number of carboxylic acid groups (broad SMARTS) is 1. The Morgan fingerprint density at radius 2 is 1.76 bits per heavy atom. The van der Waals surface area contributed by atoms with Gasteiger partial charge in [-0.05, 0) is 61.2 Å². The van der Waals surface area contributed by atoms with Crippen LogP contribution in [0.15, 0.2) is 42.5 Å². The number of rotatable bonds is 8. The number of benzene rings is 2. The van der Waals surface area contributed by atoms with Crippen molar-refractivity contribution < 1.29 is 19.4 Å². The van der Waals surface area contributed by atoms with Crippen molar-refractivity contribution in [1.29, 1.82) is 0 Å². The summed E-state index contributed by atoms with van der Waals surface area (Å²) in [6.07, 6.45) is 0.960. The normalized spacial score (nSPS) is 10.3. The number of carbonyl (C=O) groups excluding carboxylic acids is 1. The number of carboxylic acids is 1. The predicted molar refractivity (Wildman–Crippen MR) is 97.1 cm³/mol. The van der Waals surface area contributed by atoms with E-state index in [0.717, 1.165) is 5.75 Å². The van der Waals surface area contributed by atoms with E-state index in [-0.39, 0.29) is 12.3 Å². The number of aryl methyl sites for hydroxylation is 2. The molecule has 2 rings (SSSR count). The van der Waals surface area contributed by atoms with Gasteiger partial charge in [-0.15, -0.1) is 0 Å². The number of amides is 1. The molecule has 132 valence electrons. The van der Waals surface area contributed by atoms with Gasteiger partial charge in [0.1, 0.15) is 5.75 Å². The van der Waals surface area contributed by atoms with Gasteiger partial charge in [0.2, 0.25) is 5.91 Å². The Morgan fingerprint density at radius 1 is 1.04 bits per heavy atom. The second-order valence-corrected chi connectivity index (χ2v) is 6.01. The molecular weight excluding hydrogens is 318 g/mol. The Labute approximate surface area is 147 Å². The molecule has 0 saturated carbocycles. The molecule has 2 N–H and O–H groups in total. The number of carbonyl (C=O) groups is 2. The molecule has 0 atom stereocenters. The molecule has 0 aromatic heterocycles. The van der Waals surface area contributed by atoms with Crippen LogP contribution in [0.2, 0.25) is 0 Å². The lowest BCUT2D eigenvalue weighted by atomic mass is 10.1. The third kappa shape index (κ3) is 6.30. The van der Waals surface area contributed by atoms with Crippen LogP contribution < -0.4 is 10.1 Å². The maximum atomic E-state index is 11.9. The molecule has 0 aliphatic rings. The molecule has 0 aliphatic heterocycles. The summed E-state index contributed by atoms with van der Waals surface area (Å²) in [7, 11) is 0. The van der Waals surface area contributed by atoms with Crippen LogP contribution in [0.3, 0.4) is 0 Å². The van der Waals surface area contributed by atoms with Crippen LogP contribution in [0.5, 0.6) is 5.75 Å². The molecule has 2 aromatic carbocycles. The van der Waals surface area contributed by atoms with E-state index in [1.165, 1.54) is 11.1 Å². The number of ether oxygens (including phenoxy) is 1. The fraction of sp³-hybridized carbons (Fsp3) is 0.300. The molecule has 0 radical (unpaired) electrons. The minimum Gasteiger partial charge on any atom is -0.494 e. The lowest BCUT2D eigenvalue weighted by Gasteiger charge is -2.09. The lowest BCUT2D eigenvalue weighted by Crippen LogP contribution is -2.13. The molecule has 0 heterocycles. The molecule has 1 amide bonds. The van der Waals surface area contributed by atoms with E-state index in [0.29, 0.717) is 30.7 Å². The van der Waals surface area contributed by atoms with E-state index in [2.05, 4.69) is 12.2 Å². The van der Waals surface area contributed by atoms with Crippen molar-refractivity contribution in [2.24, 2.45) is 0 Å². The maximum absolute atomic E-state index is 11.9. The smallest absolute Gasteiger partial charge is 0.307 e. The first-order valence-corrected chi connectivity index (χ1v) is 8.24. The van der Waals surface area contributed by atoms with Crippen molar-refractivity contribution in [3.63, 3.8) is 0 Å². The van der Waals surface area contributed by atoms with Gasteiger partial charge >= 0.3 is 5.97 Å². The van der Waals surface area contributed by atoms with Gasteiger partial charge in [-0.25, -0.2) is 0 Å². The highest BCUT2D eigenvalue weighted by Crippen LogP contribution is 2.17. The van der Waals surface area contributed by atoms with Crippen LogP contribution in [-0.4, -0.2) is 23.6 Å². The topological polar surface area (TPSA) is 75.6 Å². The highest BCUT2D eigenvalue weighted by atomic mass is 16.5. The summed E-state index contributed by atoms with van der Waals surface area (Å²) in [5, 5.41) is 11.5. The van der Waals surface area contributed by atoms with Crippen LogP contribution in [-0.2, 0) is 16.0 Å². The van der Waals surface area contributed by atoms with Crippen molar-refractivity contribution >= 4 is 17.6 Å². The van der Waals surface area contributed by atoms with Crippen molar-refractivity contribution in [3.8, 4) is 5.75 Å². The molecule has 0 spiro atoms. The average molecular weight is 341 g/mol. The summed E-state index contributed by atoms with van der Waals surface area (Å²) in [5.41, 5.74) is 3.77. The summed E-state index contributed by atoms with van der Waals surface area (Å²) in [6, 6.07) is 12.8. The third-order valence-electron chi connectivity index (χ3n) is 3.89. The summed E-state index contributed by atoms with van der Waals surface area (Å²) in [6.45, 7) is 4.57. The molecule has 0 saturated heterocycles. The van der Waals surface area contributed by atoms with Gasteiger partial charge in [0.15, 0.2) is 0 Å². The van der Waals surface area contributed by atoms with Gasteiger partial charge in [0.25, 0.3) is 0 Å². The van der Waals surface area contributed by atoms with Crippen molar-refractivity contribution in [3.05, 3.63) is 59.2 Å². The minimum atomic E-state index is -0.874. The van der Waals surface area contributed by atoms with Crippen molar-refractivity contribution in [2.45, 2.75) is 33.1 Å². The molecular formula is C20H23NO4. The van der Waals surface area contributed by atoms with Gasteiger partial charge in [0.05, 0.1) is 13.0 Å². The molecule has 0 bridgehead atoms. The molecule has 5 heteroatoms. The monoisotopic (exact) mass is 341 g/mol. The van der Waals surface area contributed by atoms with Crippen LogP contribution >= 0.6 is 0 Å². The first-order valence-electron chi connectivity index (χ1n) is 8.24. The Morgan fingerprint density at radius 3 is 2.40 bits per heavy atom. The molecule has 2 aromatic rings. The standard InChI is InChI=1S/C20H23NO4/c1-14-5-10-18(12-15(14)2)25-11-3-4-19(22)21-17-8-6-16(7-9-17)13-20(23)24/h5-10,12H,3-4,11,13H2,1-2H3,(H,21,22)(H,23,24). The highest BCUT2D eigenvalue weighted by molar-refractivity contribution is 5.90. The number of anilines is 1. The highest BCUT2D eigenvalue weighted by Gasteiger charge is 2.05. The van der Waals surface area contributed by atoms with E-state index in [9.17, 15) is 9.59 Å². The Bertz CT molecular complexity index is 738. The predicted octanol–water partition coefficient (Wildman–Crippen LogP) is 3.73. The quantitative estimate of drug-likeness (QED) is 0.717. The summed E-state index contributed by atoms with van der Waals surface area (Å²) in [4.78, 5) is 22.6. The number of hydrogen-bond acceptors (Lipinski definition) is 3. The first kappa shape index (κ1) is 18.5. The second-order valence-electron chi connectivity index (χ2n) is 6.01. The third-order valence-corrected chi connectivity index (χ3v) is 3.89. The number of nitrogens with one attached hydrogen (secondary N) is 1. The van der Waals surface area contributed by atoms with Crippen molar-refractivity contribution in [2.75, 3.05) is 11.9 Å². The van der Waals surface area contributed by atoms with E-state index in [1.807, 2.05) is 25.1 Å². The summed E-state index contributed by atoms with van der Waals surface area (Å²) >= 11 is 0. The van der Waals surface area contributed by atoms with Crippen molar-refractivity contribution in [1.82, 2.24) is 0 Å². The fourth-order valence-electron chi connectivity index (χ4n) is 2.33. The van der Waals surface area contributed by atoms with Gasteiger partial charge in [0, 0.05) is 12.1 Å². The van der Waals surface area contributed by atoms with E-state index in [4.69, 9.17) is 9.84 Å². The summed E-state index contributed by atoms with van der Waals surface area (Å²) < 4.78 is 5.66. The zero-order valence-corrected chi connectivity index (χ0v) is 14.5.